The highest BCUT2D eigenvalue weighted by Gasteiger charge is 2.26. The Hall–Kier alpha value is -2.83. The SMILES string of the molecule is Cc1c(C(=O)NC(C(=O)O)c2ccc3c(c2)CCO3)cnn1C(C)C. The van der Waals surface area contributed by atoms with Crippen LogP contribution in [0.15, 0.2) is 24.4 Å². The Labute approximate surface area is 145 Å². The molecule has 1 aromatic carbocycles. The zero-order chi connectivity index (χ0) is 18.1. The summed E-state index contributed by atoms with van der Waals surface area (Å²) in [6, 6.07) is 4.20. The molecule has 25 heavy (non-hydrogen) atoms. The molecule has 0 spiro atoms. The van der Waals surface area contributed by atoms with Crippen LogP contribution in [0.3, 0.4) is 0 Å². The Bertz CT molecular complexity index is 826. The lowest BCUT2D eigenvalue weighted by Crippen LogP contribution is -2.34. The highest BCUT2D eigenvalue weighted by molar-refractivity contribution is 5.97. The molecule has 0 bridgehead atoms. The monoisotopic (exact) mass is 343 g/mol. The summed E-state index contributed by atoms with van der Waals surface area (Å²) in [6.45, 7) is 6.32. The van der Waals surface area contributed by atoms with Crippen molar-refractivity contribution in [2.24, 2.45) is 0 Å². The van der Waals surface area contributed by atoms with Crippen molar-refractivity contribution in [1.82, 2.24) is 15.1 Å². The molecule has 1 atom stereocenters. The average Bonchev–Trinajstić information content (AvgIpc) is 3.17. The van der Waals surface area contributed by atoms with E-state index in [4.69, 9.17) is 4.74 Å². The highest BCUT2D eigenvalue weighted by Crippen LogP contribution is 2.28. The fourth-order valence-electron chi connectivity index (χ4n) is 3.05. The largest absolute Gasteiger partial charge is 0.493 e. The number of aliphatic carboxylic acids is 1. The van der Waals surface area contributed by atoms with Crippen LogP contribution in [-0.4, -0.2) is 33.4 Å². The molecule has 0 radical (unpaired) electrons. The van der Waals surface area contributed by atoms with Gasteiger partial charge in [-0.25, -0.2) is 4.79 Å². The number of hydrogen-bond acceptors (Lipinski definition) is 4. The maximum Gasteiger partial charge on any atom is 0.330 e. The van der Waals surface area contributed by atoms with E-state index >= 15 is 0 Å². The molecule has 2 aromatic rings. The Balaban J connectivity index is 1.85. The van der Waals surface area contributed by atoms with Crippen molar-refractivity contribution in [2.75, 3.05) is 6.61 Å². The second-order valence-electron chi connectivity index (χ2n) is 6.39. The first-order valence-electron chi connectivity index (χ1n) is 8.22. The summed E-state index contributed by atoms with van der Waals surface area (Å²) in [7, 11) is 0. The molecule has 0 aliphatic carbocycles. The van der Waals surface area contributed by atoms with E-state index in [0.717, 1.165) is 17.7 Å². The van der Waals surface area contributed by atoms with E-state index in [1.807, 2.05) is 13.8 Å². The summed E-state index contributed by atoms with van der Waals surface area (Å²) in [5, 5.41) is 16.4. The first-order valence-corrected chi connectivity index (χ1v) is 8.22. The number of carboxylic acids is 1. The fourth-order valence-corrected chi connectivity index (χ4v) is 3.05. The maximum absolute atomic E-state index is 12.6. The van der Waals surface area contributed by atoms with Crippen LogP contribution in [0.5, 0.6) is 5.75 Å². The molecule has 1 aliphatic rings. The smallest absolute Gasteiger partial charge is 0.330 e. The molecule has 7 nitrogen and oxygen atoms in total. The molecule has 1 aromatic heterocycles. The lowest BCUT2D eigenvalue weighted by molar-refractivity contribution is -0.139. The molecule has 7 heteroatoms. The molecule has 1 aliphatic heterocycles. The zero-order valence-electron chi connectivity index (χ0n) is 14.4. The number of hydrogen-bond donors (Lipinski definition) is 2. The number of carboxylic acid groups (broad SMARTS) is 1. The minimum Gasteiger partial charge on any atom is -0.493 e. The van der Waals surface area contributed by atoms with Gasteiger partial charge in [0.25, 0.3) is 5.91 Å². The third-order valence-electron chi connectivity index (χ3n) is 4.35. The van der Waals surface area contributed by atoms with Gasteiger partial charge in [-0.05, 0) is 44.0 Å². The van der Waals surface area contributed by atoms with Crippen LogP contribution < -0.4 is 10.1 Å². The minimum atomic E-state index is -1.12. The number of benzene rings is 1. The number of ether oxygens (including phenoxy) is 1. The third kappa shape index (κ3) is 3.22. The number of fused-ring (bicyclic) bond motifs is 1. The summed E-state index contributed by atoms with van der Waals surface area (Å²) >= 11 is 0. The summed E-state index contributed by atoms with van der Waals surface area (Å²) in [5.41, 5.74) is 2.57. The number of carbonyl (C=O) groups excluding carboxylic acids is 1. The molecule has 0 saturated carbocycles. The van der Waals surface area contributed by atoms with Gasteiger partial charge in [0.15, 0.2) is 6.04 Å². The summed E-state index contributed by atoms with van der Waals surface area (Å²) in [6.07, 6.45) is 2.21. The predicted molar refractivity (Wildman–Crippen MR) is 90.8 cm³/mol. The number of carbonyl (C=O) groups is 2. The van der Waals surface area contributed by atoms with Crippen molar-refractivity contribution in [3.63, 3.8) is 0 Å². The Kier molecular flexibility index (Phi) is 4.48. The number of nitrogens with one attached hydrogen (secondary N) is 1. The van der Waals surface area contributed by atoms with E-state index < -0.39 is 17.9 Å². The van der Waals surface area contributed by atoms with Gasteiger partial charge in [0, 0.05) is 18.2 Å². The van der Waals surface area contributed by atoms with Gasteiger partial charge >= 0.3 is 5.97 Å². The lowest BCUT2D eigenvalue weighted by atomic mass is 10.0. The van der Waals surface area contributed by atoms with Crippen molar-refractivity contribution in [2.45, 2.75) is 39.3 Å². The van der Waals surface area contributed by atoms with Crippen LogP contribution in [0.1, 0.15) is 53.1 Å². The van der Waals surface area contributed by atoms with Gasteiger partial charge in [-0.2, -0.15) is 5.10 Å². The van der Waals surface area contributed by atoms with E-state index in [-0.39, 0.29) is 6.04 Å². The fraction of sp³-hybridized carbons (Fsp3) is 0.389. The molecule has 0 fully saturated rings. The Morgan fingerprint density at radius 2 is 2.12 bits per heavy atom. The number of rotatable bonds is 5. The van der Waals surface area contributed by atoms with Gasteiger partial charge in [0.2, 0.25) is 0 Å². The quantitative estimate of drug-likeness (QED) is 0.868. The van der Waals surface area contributed by atoms with Crippen molar-refractivity contribution in [1.29, 1.82) is 0 Å². The van der Waals surface area contributed by atoms with E-state index in [1.54, 1.807) is 29.8 Å². The summed E-state index contributed by atoms with van der Waals surface area (Å²) in [4.78, 5) is 24.3. The van der Waals surface area contributed by atoms with Crippen LogP contribution in [0.4, 0.5) is 0 Å². The van der Waals surface area contributed by atoms with E-state index in [2.05, 4.69) is 10.4 Å². The van der Waals surface area contributed by atoms with Gasteiger partial charge in [-0.3, -0.25) is 9.48 Å². The lowest BCUT2D eigenvalue weighted by Gasteiger charge is -2.16. The number of amides is 1. The molecule has 1 amide bonds. The molecule has 2 N–H and O–H groups in total. The molecule has 0 saturated heterocycles. The first-order chi connectivity index (χ1) is 11.9. The van der Waals surface area contributed by atoms with Crippen LogP contribution in [0.25, 0.3) is 0 Å². The molecule has 1 unspecified atom stereocenters. The third-order valence-corrected chi connectivity index (χ3v) is 4.35. The van der Waals surface area contributed by atoms with Crippen LogP contribution in [0, 0.1) is 6.92 Å². The Morgan fingerprint density at radius 1 is 1.36 bits per heavy atom. The summed E-state index contributed by atoms with van der Waals surface area (Å²) < 4.78 is 7.17. The van der Waals surface area contributed by atoms with Crippen LogP contribution >= 0.6 is 0 Å². The minimum absolute atomic E-state index is 0.119. The highest BCUT2D eigenvalue weighted by atomic mass is 16.5. The topological polar surface area (TPSA) is 93.5 Å². The summed E-state index contributed by atoms with van der Waals surface area (Å²) in [5.74, 6) is -0.789. The number of aromatic nitrogens is 2. The van der Waals surface area contributed by atoms with Crippen LogP contribution in [-0.2, 0) is 11.2 Å². The van der Waals surface area contributed by atoms with Gasteiger partial charge in [0.1, 0.15) is 5.75 Å². The molecular weight excluding hydrogens is 322 g/mol. The number of nitrogens with zero attached hydrogens (tertiary/aromatic N) is 2. The normalized spacial score (nSPS) is 14.1. The molecule has 132 valence electrons. The zero-order valence-corrected chi connectivity index (χ0v) is 14.4. The molecular formula is C18H21N3O4. The van der Waals surface area contributed by atoms with Crippen molar-refractivity contribution in [3.8, 4) is 5.75 Å². The second-order valence-corrected chi connectivity index (χ2v) is 6.39. The molecule has 2 heterocycles. The predicted octanol–water partition coefficient (Wildman–Crippen LogP) is 2.26. The standard InChI is InChI=1S/C18H21N3O4/c1-10(2)21-11(3)14(9-19-21)17(22)20-16(18(23)24)13-4-5-15-12(8-13)6-7-25-15/h4-5,8-10,16H,6-7H2,1-3H3,(H,20,22)(H,23,24). The van der Waals surface area contributed by atoms with Crippen molar-refractivity contribution < 1.29 is 19.4 Å². The average molecular weight is 343 g/mol. The van der Waals surface area contributed by atoms with Crippen LogP contribution in [0.2, 0.25) is 0 Å². The van der Waals surface area contributed by atoms with Gasteiger partial charge in [-0.1, -0.05) is 6.07 Å². The first kappa shape index (κ1) is 17.0. The van der Waals surface area contributed by atoms with Crippen molar-refractivity contribution in [3.05, 3.63) is 46.8 Å². The molecule has 3 rings (SSSR count). The van der Waals surface area contributed by atoms with Gasteiger partial charge in [-0.15, -0.1) is 0 Å². The Morgan fingerprint density at radius 3 is 2.76 bits per heavy atom. The maximum atomic E-state index is 12.6. The van der Waals surface area contributed by atoms with E-state index in [0.29, 0.717) is 23.4 Å². The van der Waals surface area contributed by atoms with E-state index in [1.165, 1.54) is 6.20 Å². The van der Waals surface area contributed by atoms with Gasteiger partial charge < -0.3 is 15.2 Å². The van der Waals surface area contributed by atoms with Crippen molar-refractivity contribution >= 4 is 11.9 Å². The van der Waals surface area contributed by atoms with Gasteiger partial charge in [0.05, 0.1) is 18.4 Å². The second kappa shape index (κ2) is 6.58. The van der Waals surface area contributed by atoms with E-state index in [9.17, 15) is 14.7 Å².